The summed E-state index contributed by atoms with van der Waals surface area (Å²) in [5.41, 5.74) is 0.156. The van der Waals surface area contributed by atoms with Crippen LogP contribution in [0.4, 0.5) is 0 Å². The van der Waals surface area contributed by atoms with Crippen molar-refractivity contribution in [2.75, 3.05) is 66.0 Å². The highest BCUT2D eigenvalue weighted by Gasteiger charge is 2.35. The van der Waals surface area contributed by atoms with Crippen LogP contribution in [0.25, 0.3) is 0 Å². The zero-order chi connectivity index (χ0) is 21.6. The highest BCUT2D eigenvalue weighted by atomic mass is 16.5. The predicted molar refractivity (Wildman–Crippen MR) is 122 cm³/mol. The topological polar surface area (TPSA) is 60.4 Å². The number of nitrogens with one attached hydrogen (secondary N) is 1. The second kappa shape index (κ2) is 10.8. The molecule has 3 aliphatic rings. The maximum absolute atomic E-state index is 12.5. The van der Waals surface area contributed by atoms with Crippen LogP contribution in [0.5, 0.6) is 0 Å². The van der Waals surface area contributed by atoms with Gasteiger partial charge in [-0.25, -0.2) is 0 Å². The molecule has 3 rings (SSSR count). The van der Waals surface area contributed by atoms with Gasteiger partial charge in [0.05, 0.1) is 12.6 Å². The molecule has 3 fully saturated rings. The van der Waals surface area contributed by atoms with Crippen LogP contribution in [0.15, 0.2) is 4.99 Å². The Bertz CT molecular complexity index is 575. The minimum absolute atomic E-state index is 0.156. The molecular formula is C23H43N5O2. The molecule has 0 saturated carbocycles. The first-order valence-electron chi connectivity index (χ1n) is 12.0. The van der Waals surface area contributed by atoms with E-state index in [1.165, 1.54) is 12.8 Å². The molecule has 3 heterocycles. The van der Waals surface area contributed by atoms with Crippen LogP contribution >= 0.6 is 0 Å². The Morgan fingerprint density at radius 1 is 1.00 bits per heavy atom. The molecule has 30 heavy (non-hydrogen) atoms. The highest BCUT2D eigenvalue weighted by molar-refractivity contribution is 5.80. The Hall–Kier alpha value is -1.34. The van der Waals surface area contributed by atoms with Crippen molar-refractivity contribution >= 4 is 11.9 Å². The molecular weight excluding hydrogens is 378 g/mol. The van der Waals surface area contributed by atoms with Crippen LogP contribution in [-0.2, 0) is 9.53 Å². The molecule has 0 bridgehead atoms. The monoisotopic (exact) mass is 421 g/mol. The smallest absolute Gasteiger partial charge is 0.236 e. The number of ether oxygens (including phenoxy) is 1. The van der Waals surface area contributed by atoms with E-state index in [4.69, 9.17) is 4.74 Å². The van der Waals surface area contributed by atoms with Crippen molar-refractivity contribution in [1.82, 2.24) is 20.0 Å². The van der Waals surface area contributed by atoms with E-state index < -0.39 is 0 Å². The lowest BCUT2D eigenvalue weighted by atomic mass is 9.78. The molecule has 0 aliphatic carbocycles. The van der Waals surface area contributed by atoms with Crippen LogP contribution in [0.1, 0.15) is 52.9 Å². The van der Waals surface area contributed by atoms with Gasteiger partial charge in [0.25, 0.3) is 0 Å². The van der Waals surface area contributed by atoms with Gasteiger partial charge in [0.1, 0.15) is 0 Å². The number of amides is 1. The fraction of sp³-hybridized carbons (Fsp3) is 0.913. The number of likely N-dealkylation sites (tertiary alicyclic amines) is 1. The Morgan fingerprint density at radius 3 is 2.33 bits per heavy atom. The fourth-order valence-electron chi connectivity index (χ4n) is 5.12. The van der Waals surface area contributed by atoms with Crippen molar-refractivity contribution in [3.05, 3.63) is 0 Å². The molecule has 7 nitrogen and oxygen atoms in total. The molecule has 3 saturated heterocycles. The van der Waals surface area contributed by atoms with Gasteiger partial charge in [-0.2, -0.15) is 0 Å². The average molecular weight is 422 g/mol. The molecule has 0 aromatic heterocycles. The number of nitrogens with zero attached hydrogens (tertiary/aromatic N) is 4. The Labute approximate surface area is 183 Å². The average Bonchev–Trinajstić information content (AvgIpc) is 2.75. The van der Waals surface area contributed by atoms with E-state index in [1.807, 2.05) is 11.9 Å². The van der Waals surface area contributed by atoms with E-state index >= 15 is 0 Å². The van der Waals surface area contributed by atoms with Crippen molar-refractivity contribution in [3.8, 4) is 0 Å². The summed E-state index contributed by atoms with van der Waals surface area (Å²) >= 11 is 0. The van der Waals surface area contributed by atoms with Crippen LogP contribution in [0.2, 0.25) is 0 Å². The summed E-state index contributed by atoms with van der Waals surface area (Å²) < 4.78 is 6.13. The van der Waals surface area contributed by atoms with Gasteiger partial charge in [0.2, 0.25) is 5.91 Å². The third-order valence-corrected chi connectivity index (χ3v) is 6.77. The van der Waals surface area contributed by atoms with E-state index in [1.54, 1.807) is 0 Å². The minimum Gasteiger partial charge on any atom is -0.377 e. The molecule has 172 valence electrons. The van der Waals surface area contributed by atoms with Gasteiger partial charge in [0, 0.05) is 65.4 Å². The zero-order valence-corrected chi connectivity index (χ0v) is 19.7. The van der Waals surface area contributed by atoms with E-state index in [0.29, 0.717) is 18.4 Å². The van der Waals surface area contributed by atoms with Gasteiger partial charge in [-0.3, -0.25) is 14.7 Å². The van der Waals surface area contributed by atoms with Crippen LogP contribution in [0, 0.1) is 11.3 Å². The van der Waals surface area contributed by atoms with Gasteiger partial charge in [-0.05, 0) is 37.5 Å². The molecule has 2 atom stereocenters. The van der Waals surface area contributed by atoms with E-state index in [0.717, 1.165) is 77.6 Å². The lowest BCUT2D eigenvalue weighted by molar-refractivity contribution is -0.133. The van der Waals surface area contributed by atoms with Gasteiger partial charge in [0.15, 0.2) is 5.96 Å². The first kappa shape index (κ1) is 23.3. The number of carbonyl (C=O) groups is 1. The molecule has 0 radical (unpaired) electrons. The van der Waals surface area contributed by atoms with Gasteiger partial charge in [-0.15, -0.1) is 0 Å². The van der Waals surface area contributed by atoms with Crippen molar-refractivity contribution in [3.63, 3.8) is 0 Å². The van der Waals surface area contributed by atoms with Gasteiger partial charge < -0.3 is 19.9 Å². The standard InChI is InChI=1S/C23H43N5O2/c1-23(2,3)21-19(9-8-16-30-21)17-25-22(24-4)28-14-12-26(13-15-28)18-20(29)27-10-6-5-7-11-27/h19,21H,5-18H2,1-4H3,(H,24,25). The molecule has 0 aromatic carbocycles. The third kappa shape index (κ3) is 6.33. The number of piperazine rings is 1. The number of hydrogen-bond donors (Lipinski definition) is 1. The van der Waals surface area contributed by atoms with Crippen molar-refractivity contribution in [2.24, 2.45) is 16.3 Å². The van der Waals surface area contributed by atoms with Crippen molar-refractivity contribution in [1.29, 1.82) is 0 Å². The zero-order valence-electron chi connectivity index (χ0n) is 19.7. The quantitative estimate of drug-likeness (QED) is 0.556. The summed E-state index contributed by atoms with van der Waals surface area (Å²) in [5.74, 6) is 1.80. The summed E-state index contributed by atoms with van der Waals surface area (Å²) in [5, 5.41) is 3.62. The number of aliphatic imine (C=N–C) groups is 1. The Balaban J connectivity index is 1.44. The van der Waals surface area contributed by atoms with Gasteiger partial charge >= 0.3 is 0 Å². The van der Waals surface area contributed by atoms with E-state index in [2.05, 4.69) is 40.9 Å². The fourth-order valence-corrected chi connectivity index (χ4v) is 5.12. The predicted octanol–water partition coefficient (Wildman–Crippen LogP) is 2.03. The summed E-state index contributed by atoms with van der Waals surface area (Å²) in [6.07, 6.45) is 6.21. The van der Waals surface area contributed by atoms with Gasteiger partial charge in [-0.1, -0.05) is 20.8 Å². The molecule has 1 N–H and O–H groups in total. The lowest BCUT2D eigenvalue weighted by Gasteiger charge is -2.41. The molecule has 7 heteroatoms. The largest absolute Gasteiger partial charge is 0.377 e. The number of carbonyl (C=O) groups excluding carboxylic acids is 1. The molecule has 3 aliphatic heterocycles. The van der Waals surface area contributed by atoms with Crippen LogP contribution in [0.3, 0.4) is 0 Å². The number of guanidine groups is 1. The first-order chi connectivity index (χ1) is 14.4. The Morgan fingerprint density at radius 2 is 1.70 bits per heavy atom. The van der Waals surface area contributed by atoms with Crippen molar-refractivity contribution < 1.29 is 9.53 Å². The second-order valence-corrected chi connectivity index (χ2v) is 10.2. The summed E-state index contributed by atoms with van der Waals surface area (Å²) in [6.45, 7) is 14.7. The van der Waals surface area contributed by atoms with Crippen LogP contribution < -0.4 is 5.32 Å². The molecule has 2 unspecified atom stereocenters. The number of hydrogen-bond acceptors (Lipinski definition) is 4. The first-order valence-corrected chi connectivity index (χ1v) is 12.0. The molecule has 1 amide bonds. The van der Waals surface area contributed by atoms with E-state index in [9.17, 15) is 4.79 Å². The van der Waals surface area contributed by atoms with Crippen LogP contribution in [-0.4, -0.2) is 98.7 Å². The molecule has 0 aromatic rings. The number of piperidine rings is 1. The normalized spacial score (nSPS) is 27.3. The summed E-state index contributed by atoms with van der Waals surface area (Å²) in [6, 6.07) is 0. The lowest BCUT2D eigenvalue weighted by Crippen LogP contribution is -2.55. The summed E-state index contributed by atoms with van der Waals surface area (Å²) in [7, 11) is 1.87. The van der Waals surface area contributed by atoms with E-state index in [-0.39, 0.29) is 11.5 Å². The third-order valence-electron chi connectivity index (χ3n) is 6.77. The summed E-state index contributed by atoms with van der Waals surface area (Å²) in [4.78, 5) is 23.8. The minimum atomic E-state index is 0.156. The maximum atomic E-state index is 12.5. The SMILES string of the molecule is CN=C(NCC1CCCOC1C(C)(C)C)N1CCN(CC(=O)N2CCCCC2)CC1. The number of rotatable bonds is 4. The molecule has 0 spiro atoms. The second-order valence-electron chi connectivity index (χ2n) is 10.2. The maximum Gasteiger partial charge on any atom is 0.236 e. The highest BCUT2D eigenvalue weighted by Crippen LogP contribution is 2.33. The van der Waals surface area contributed by atoms with Crippen molar-refractivity contribution in [2.45, 2.75) is 59.0 Å². The Kier molecular flexibility index (Phi) is 8.40.